The maximum atomic E-state index is 11.7. The SMILES string of the molecule is CCCOc1cc(N)cc(Sc2n[nH]c(=O)n2CCC)c1. The molecule has 0 saturated carbocycles. The number of aromatic amines is 1. The highest BCUT2D eigenvalue weighted by Gasteiger charge is 2.10. The van der Waals surface area contributed by atoms with E-state index in [0.29, 0.717) is 24.0 Å². The highest BCUT2D eigenvalue weighted by atomic mass is 32.2. The number of H-pyrrole nitrogens is 1. The van der Waals surface area contributed by atoms with Crippen molar-refractivity contribution in [3.8, 4) is 5.75 Å². The van der Waals surface area contributed by atoms with E-state index in [-0.39, 0.29) is 5.69 Å². The van der Waals surface area contributed by atoms with Crippen LogP contribution < -0.4 is 16.2 Å². The molecule has 1 aromatic heterocycles. The van der Waals surface area contributed by atoms with Crippen molar-refractivity contribution in [3.63, 3.8) is 0 Å². The molecule has 3 N–H and O–H groups in total. The van der Waals surface area contributed by atoms with E-state index in [4.69, 9.17) is 10.5 Å². The summed E-state index contributed by atoms with van der Waals surface area (Å²) in [6, 6.07) is 5.55. The number of ether oxygens (including phenoxy) is 1. The van der Waals surface area contributed by atoms with Gasteiger partial charge in [0, 0.05) is 23.2 Å². The molecular formula is C14H20N4O2S. The highest BCUT2D eigenvalue weighted by molar-refractivity contribution is 7.99. The van der Waals surface area contributed by atoms with E-state index in [1.807, 2.05) is 19.1 Å². The number of hydrogen-bond acceptors (Lipinski definition) is 5. The molecule has 1 aromatic carbocycles. The van der Waals surface area contributed by atoms with Gasteiger partial charge >= 0.3 is 5.69 Å². The summed E-state index contributed by atoms with van der Waals surface area (Å²) in [4.78, 5) is 12.6. The van der Waals surface area contributed by atoms with Gasteiger partial charge in [0.2, 0.25) is 0 Å². The Morgan fingerprint density at radius 3 is 2.86 bits per heavy atom. The van der Waals surface area contributed by atoms with Crippen LogP contribution >= 0.6 is 11.8 Å². The summed E-state index contributed by atoms with van der Waals surface area (Å²) in [5, 5.41) is 7.17. The van der Waals surface area contributed by atoms with Gasteiger partial charge in [-0.05, 0) is 36.7 Å². The third-order valence-electron chi connectivity index (χ3n) is 2.75. The zero-order valence-corrected chi connectivity index (χ0v) is 13.1. The number of anilines is 1. The van der Waals surface area contributed by atoms with Gasteiger partial charge in [0.1, 0.15) is 5.75 Å². The number of nitrogens with zero attached hydrogens (tertiary/aromatic N) is 2. The molecule has 6 nitrogen and oxygen atoms in total. The van der Waals surface area contributed by atoms with Crippen LogP contribution in [0.5, 0.6) is 5.75 Å². The molecule has 0 spiro atoms. The fraction of sp³-hybridized carbons (Fsp3) is 0.429. The van der Waals surface area contributed by atoms with Crippen molar-refractivity contribution in [1.82, 2.24) is 14.8 Å². The van der Waals surface area contributed by atoms with Crippen molar-refractivity contribution >= 4 is 17.4 Å². The second-order valence-electron chi connectivity index (χ2n) is 4.65. The molecule has 7 heteroatoms. The molecule has 0 aliphatic heterocycles. The second kappa shape index (κ2) is 7.21. The van der Waals surface area contributed by atoms with Gasteiger partial charge in [-0.25, -0.2) is 9.89 Å². The minimum absolute atomic E-state index is 0.189. The number of nitrogen functional groups attached to an aromatic ring is 1. The molecular weight excluding hydrogens is 288 g/mol. The Hall–Kier alpha value is -1.89. The quantitative estimate of drug-likeness (QED) is 0.768. The lowest BCUT2D eigenvalue weighted by atomic mass is 10.3. The third-order valence-corrected chi connectivity index (χ3v) is 3.72. The van der Waals surface area contributed by atoms with Crippen LogP contribution in [0.2, 0.25) is 0 Å². The number of aromatic nitrogens is 3. The zero-order chi connectivity index (χ0) is 15.2. The molecule has 0 atom stereocenters. The lowest BCUT2D eigenvalue weighted by molar-refractivity contribution is 0.317. The molecule has 2 rings (SSSR count). The largest absolute Gasteiger partial charge is 0.493 e. The van der Waals surface area contributed by atoms with Crippen molar-refractivity contribution in [2.45, 2.75) is 43.3 Å². The van der Waals surface area contributed by atoms with Gasteiger partial charge < -0.3 is 10.5 Å². The van der Waals surface area contributed by atoms with Crippen LogP contribution in [-0.4, -0.2) is 21.4 Å². The van der Waals surface area contributed by atoms with E-state index < -0.39 is 0 Å². The van der Waals surface area contributed by atoms with Crippen molar-refractivity contribution in [2.24, 2.45) is 0 Å². The molecule has 0 saturated heterocycles. The lowest BCUT2D eigenvalue weighted by Crippen LogP contribution is -2.17. The fourth-order valence-corrected chi connectivity index (χ4v) is 2.82. The molecule has 0 aliphatic rings. The second-order valence-corrected chi connectivity index (χ2v) is 5.69. The maximum absolute atomic E-state index is 11.7. The van der Waals surface area contributed by atoms with E-state index >= 15 is 0 Å². The summed E-state index contributed by atoms with van der Waals surface area (Å²) in [7, 11) is 0. The molecule has 0 aliphatic carbocycles. The minimum Gasteiger partial charge on any atom is -0.493 e. The molecule has 1 heterocycles. The summed E-state index contributed by atoms with van der Waals surface area (Å²) in [5.74, 6) is 0.735. The van der Waals surface area contributed by atoms with Crippen LogP contribution in [0.25, 0.3) is 0 Å². The first-order valence-corrected chi connectivity index (χ1v) is 7.82. The van der Waals surface area contributed by atoms with Gasteiger partial charge in [-0.15, -0.1) is 5.10 Å². The average molecular weight is 308 g/mol. The number of hydrogen-bond donors (Lipinski definition) is 2. The van der Waals surface area contributed by atoms with Crippen molar-refractivity contribution in [3.05, 3.63) is 28.7 Å². The predicted octanol–water partition coefficient (Wildman–Crippen LogP) is 2.50. The molecule has 114 valence electrons. The molecule has 0 radical (unpaired) electrons. The highest BCUT2D eigenvalue weighted by Crippen LogP contribution is 2.30. The van der Waals surface area contributed by atoms with E-state index in [1.165, 1.54) is 11.8 Å². The van der Waals surface area contributed by atoms with Gasteiger partial charge in [0.05, 0.1) is 6.61 Å². The summed E-state index contributed by atoms with van der Waals surface area (Å²) in [5.41, 5.74) is 6.34. The Morgan fingerprint density at radius 2 is 2.14 bits per heavy atom. The average Bonchev–Trinajstić information content (AvgIpc) is 2.78. The number of nitrogens with two attached hydrogens (primary N) is 1. The zero-order valence-electron chi connectivity index (χ0n) is 12.3. The molecule has 0 unspecified atom stereocenters. The van der Waals surface area contributed by atoms with E-state index in [2.05, 4.69) is 17.1 Å². The smallest absolute Gasteiger partial charge is 0.343 e. The van der Waals surface area contributed by atoms with Crippen molar-refractivity contribution in [2.75, 3.05) is 12.3 Å². The summed E-state index contributed by atoms with van der Waals surface area (Å²) in [6.45, 7) is 5.36. The number of rotatable bonds is 7. The number of nitrogens with one attached hydrogen (secondary N) is 1. The van der Waals surface area contributed by atoms with Crippen molar-refractivity contribution in [1.29, 1.82) is 0 Å². The summed E-state index contributed by atoms with van der Waals surface area (Å²) >= 11 is 1.40. The van der Waals surface area contributed by atoms with Crippen molar-refractivity contribution < 1.29 is 4.74 Å². The van der Waals surface area contributed by atoms with Crippen LogP contribution in [0, 0.1) is 0 Å². The van der Waals surface area contributed by atoms with Crippen LogP contribution in [0.1, 0.15) is 26.7 Å². The summed E-state index contributed by atoms with van der Waals surface area (Å²) in [6.07, 6.45) is 1.81. The first-order valence-electron chi connectivity index (χ1n) is 7.00. The lowest BCUT2D eigenvalue weighted by Gasteiger charge is -2.09. The van der Waals surface area contributed by atoms with Gasteiger partial charge in [0.15, 0.2) is 5.16 Å². The number of benzene rings is 1. The van der Waals surface area contributed by atoms with Crippen LogP contribution in [0.3, 0.4) is 0 Å². The van der Waals surface area contributed by atoms with Gasteiger partial charge in [-0.3, -0.25) is 4.57 Å². The predicted molar refractivity (Wildman–Crippen MR) is 83.9 cm³/mol. The third kappa shape index (κ3) is 4.04. The Balaban J connectivity index is 2.23. The van der Waals surface area contributed by atoms with Gasteiger partial charge in [-0.1, -0.05) is 13.8 Å². The monoisotopic (exact) mass is 308 g/mol. The minimum atomic E-state index is -0.189. The Labute approximate surface area is 127 Å². The Kier molecular flexibility index (Phi) is 5.32. The summed E-state index contributed by atoms with van der Waals surface area (Å²) < 4.78 is 7.23. The van der Waals surface area contributed by atoms with Crippen LogP contribution in [-0.2, 0) is 6.54 Å². The first-order chi connectivity index (χ1) is 10.1. The van der Waals surface area contributed by atoms with Gasteiger partial charge in [0.25, 0.3) is 0 Å². The Morgan fingerprint density at radius 1 is 1.33 bits per heavy atom. The van der Waals surface area contributed by atoms with Crippen LogP contribution in [0.15, 0.2) is 33.0 Å². The van der Waals surface area contributed by atoms with Crippen LogP contribution in [0.4, 0.5) is 5.69 Å². The topological polar surface area (TPSA) is 85.9 Å². The fourth-order valence-electron chi connectivity index (χ4n) is 1.86. The van der Waals surface area contributed by atoms with E-state index in [0.717, 1.165) is 23.5 Å². The van der Waals surface area contributed by atoms with E-state index in [9.17, 15) is 4.79 Å². The molecule has 0 bridgehead atoms. The van der Waals surface area contributed by atoms with Gasteiger partial charge in [-0.2, -0.15) is 0 Å². The molecule has 21 heavy (non-hydrogen) atoms. The maximum Gasteiger partial charge on any atom is 0.343 e. The van der Waals surface area contributed by atoms with E-state index in [1.54, 1.807) is 10.6 Å². The standard InChI is InChI=1S/C14H20N4O2S/c1-3-5-18-13(19)16-17-14(18)21-12-8-10(15)7-11(9-12)20-6-4-2/h7-9H,3-6,15H2,1-2H3,(H,16,19). The first kappa shape index (κ1) is 15.5. The molecule has 0 amide bonds. The Bertz CT molecular complexity index is 651. The molecule has 2 aromatic rings. The normalized spacial score (nSPS) is 10.8. The molecule has 0 fully saturated rings.